The molecule has 0 aromatic carbocycles. The van der Waals surface area contributed by atoms with E-state index >= 15 is 0 Å². The van der Waals surface area contributed by atoms with Gasteiger partial charge in [-0.2, -0.15) is 0 Å². The zero-order chi connectivity index (χ0) is 13.0. The number of carbonyl (C=O) groups excluding carboxylic acids is 2. The number of ether oxygens (including phenoxy) is 1. The number of rotatable bonds is 2. The number of carbonyl (C=O) groups is 2. The summed E-state index contributed by atoms with van der Waals surface area (Å²) in [6.45, 7) is 5.87. The van der Waals surface area contributed by atoms with E-state index in [4.69, 9.17) is 4.74 Å². The molecule has 2 fully saturated rings. The summed E-state index contributed by atoms with van der Waals surface area (Å²) >= 11 is 0. The molecular formula is C13H22N2O3. The fourth-order valence-electron chi connectivity index (χ4n) is 2.60. The molecule has 0 saturated carbocycles. The van der Waals surface area contributed by atoms with E-state index in [2.05, 4.69) is 0 Å². The van der Waals surface area contributed by atoms with Gasteiger partial charge in [-0.3, -0.25) is 9.59 Å². The third-order valence-corrected chi connectivity index (χ3v) is 3.88. The molecule has 5 nitrogen and oxygen atoms in total. The molecule has 102 valence electrons. The van der Waals surface area contributed by atoms with Crippen molar-refractivity contribution in [1.29, 1.82) is 0 Å². The lowest BCUT2D eigenvalue weighted by atomic mass is 9.96. The van der Waals surface area contributed by atoms with Gasteiger partial charge in [0.1, 0.15) is 0 Å². The molecule has 5 heteroatoms. The molecule has 2 aliphatic rings. The number of hydrogen-bond donors (Lipinski definition) is 0. The van der Waals surface area contributed by atoms with Crippen molar-refractivity contribution in [2.45, 2.75) is 26.2 Å². The Bertz CT molecular complexity index is 305. The first-order chi connectivity index (χ1) is 8.66. The van der Waals surface area contributed by atoms with Crippen molar-refractivity contribution >= 4 is 11.8 Å². The van der Waals surface area contributed by atoms with Gasteiger partial charge in [-0.05, 0) is 18.8 Å². The topological polar surface area (TPSA) is 49.9 Å². The van der Waals surface area contributed by atoms with Gasteiger partial charge < -0.3 is 14.5 Å². The lowest BCUT2D eigenvalue weighted by molar-refractivity contribution is -0.139. The summed E-state index contributed by atoms with van der Waals surface area (Å²) in [7, 11) is 0. The maximum atomic E-state index is 12.1. The highest BCUT2D eigenvalue weighted by molar-refractivity contribution is 5.77. The van der Waals surface area contributed by atoms with E-state index in [1.165, 1.54) is 0 Å². The third-order valence-electron chi connectivity index (χ3n) is 3.88. The molecule has 0 aromatic heterocycles. The zero-order valence-electron chi connectivity index (χ0n) is 11.1. The van der Waals surface area contributed by atoms with E-state index in [9.17, 15) is 9.59 Å². The lowest BCUT2D eigenvalue weighted by Gasteiger charge is -2.35. The Balaban J connectivity index is 1.75. The molecule has 0 N–H and O–H groups in total. The van der Waals surface area contributed by atoms with Crippen LogP contribution in [-0.4, -0.2) is 61.0 Å². The molecule has 0 bridgehead atoms. The fraction of sp³-hybridized carbons (Fsp3) is 0.846. The number of nitrogens with zero attached hydrogens (tertiary/aromatic N) is 2. The van der Waals surface area contributed by atoms with Crippen molar-refractivity contribution in [2.24, 2.45) is 5.92 Å². The summed E-state index contributed by atoms with van der Waals surface area (Å²) < 4.78 is 5.30. The van der Waals surface area contributed by atoms with Crippen LogP contribution >= 0.6 is 0 Å². The molecule has 0 spiro atoms. The average molecular weight is 254 g/mol. The highest BCUT2D eigenvalue weighted by Gasteiger charge is 2.25. The van der Waals surface area contributed by atoms with E-state index < -0.39 is 0 Å². The van der Waals surface area contributed by atoms with Crippen molar-refractivity contribution in [3.05, 3.63) is 0 Å². The van der Waals surface area contributed by atoms with E-state index in [-0.39, 0.29) is 11.8 Å². The molecule has 0 atom stereocenters. The van der Waals surface area contributed by atoms with E-state index in [0.717, 1.165) is 26.1 Å². The highest BCUT2D eigenvalue weighted by atomic mass is 16.5. The Morgan fingerprint density at radius 1 is 1.06 bits per heavy atom. The van der Waals surface area contributed by atoms with Gasteiger partial charge in [0, 0.05) is 52.7 Å². The van der Waals surface area contributed by atoms with Crippen LogP contribution in [-0.2, 0) is 14.3 Å². The van der Waals surface area contributed by atoms with Crippen LogP contribution in [0.25, 0.3) is 0 Å². The van der Waals surface area contributed by atoms with Crippen molar-refractivity contribution in [3.8, 4) is 0 Å². The van der Waals surface area contributed by atoms with Gasteiger partial charge in [-0.15, -0.1) is 0 Å². The van der Waals surface area contributed by atoms with Gasteiger partial charge in [-0.1, -0.05) is 0 Å². The predicted molar refractivity (Wildman–Crippen MR) is 67.0 cm³/mol. The van der Waals surface area contributed by atoms with Gasteiger partial charge in [0.15, 0.2) is 0 Å². The molecule has 2 aliphatic heterocycles. The van der Waals surface area contributed by atoms with E-state index in [0.29, 0.717) is 38.5 Å². The van der Waals surface area contributed by atoms with Gasteiger partial charge >= 0.3 is 0 Å². The first-order valence-electron chi connectivity index (χ1n) is 6.78. The monoisotopic (exact) mass is 254 g/mol. The molecule has 0 radical (unpaired) electrons. The number of hydrogen-bond acceptors (Lipinski definition) is 3. The van der Waals surface area contributed by atoms with Crippen molar-refractivity contribution in [3.63, 3.8) is 0 Å². The minimum Gasteiger partial charge on any atom is -0.381 e. The Kier molecular flexibility index (Phi) is 4.58. The summed E-state index contributed by atoms with van der Waals surface area (Å²) in [6, 6.07) is 0. The normalized spacial score (nSPS) is 22.1. The highest BCUT2D eigenvalue weighted by Crippen LogP contribution is 2.19. The van der Waals surface area contributed by atoms with Crippen LogP contribution < -0.4 is 0 Å². The third kappa shape index (κ3) is 3.45. The summed E-state index contributed by atoms with van der Waals surface area (Å²) in [5.41, 5.74) is 0. The Labute approximate surface area is 108 Å². The zero-order valence-corrected chi connectivity index (χ0v) is 11.1. The fourth-order valence-corrected chi connectivity index (χ4v) is 2.60. The minimum atomic E-state index is 0.103. The van der Waals surface area contributed by atoms with E-state index in [1.807, 2.05) is 4.90 Å². The van der Waals surface area contributed by atoms with Gasteiger partial charge in [0.05, 0.1) is 0 Å². The SMILES string of the molecule is CC(=O)N1CCN(C(=O)CC2CCOCC2)CC1. The molecule has 0 aliphatic carbocycles. The summed E-state index contributed by atoms with van der Waals surface area (Å²) in [5, 5.41) is 0. The number of amides is 2. The molecule has 2 amide bonds. The minimum absolute atomic E-state index is 0.103. The molecule has 2 heterocycles. The number of piperazine rings is 1. The van der Waals surface area contributed by atoms with E-state index in [1.54, 1.807) is 11.8 Å². The van der Waals surface area contributed by atoms with Crippen LogP contribution in [0.3, 0.4) is 0 Å². The summed E-state index contributed by atoms with van der Waals surface area (Å²) in [4.78, 5) is 27.0. The second kappa shape index (κ2) is 6.18. The largest absolute Gasteiger partial charge is 0.381 e. The van der Waals surface area contributed by atoms with Crippen LogP contribution in [0.4, 0.5) is 0 Å². The maximum absolute atomic E-state index is 12.1. The maximum Gasteiger partial charge on any atom is 0.222 e. The average Bonchev–Trinajstić information content (AvgIpc) is 2.40. The first-order valence-corrected chi connectivity index (χ1v) is 6.78. The molecular weight excluding hydrogens is 232 g/mol. The first kappa shape index (κ1) is 13.3. The van der Waals surface area contributed by atoms with Crippen LogP contribution in [0.5, 0.6) is 0 Å². The summed E-state index contributed by atoms with van der Waals surface area (Å²) in [6.07, 6.45) is 2.64. The second-order valence-electron chi connectivity index (χ2n) is 5.15. The quantitative estimate of drug-likeness (QED) is 0.721. The van der Waals surface area contributed by atoms with Crippen LogP contribution in [0.1, 0.15) is 26.2 Å². The van der Waals surface area contributed by atoms with Gasteiger partial charge in [0.25, 0.3) is 0 Å². The Morgan fingerprint density at radius 3 is 2.17 bits per heavy atom. The molecule has 2 saturated heterocycles. The summed E-state index contributed by atoms with van der Waals surface area (Å²) in [5.74, 6) is 0.828. The van der Waals surface area contributed by atoms with Crippen LogP contribution in [0, 0.1) is 5.92 Å². The standard InChI is InChI=1S/C13H22N2O3/c1-11(16)14-4-6-15(7-5-14)13(17)10-12-2-8-18-9-3-12/h12H,2-10H2,1H3. The molecule has 2 rings (SSSR count). The second-order valence-corrected chi connectivity index (χ2v) is 5.15. The smallest absolute Gasteiger partial charge is 0.222 e. The molecule has 18 heavy (non-hydrogen) atoms. The Morgan fingerprint density at radius 2 is 1.61 bits per heavy atom. The van der Waals surface area contributed by atoms with Gasteiger partial charge in [-0.25, -0.2) is 0 Å². The molecule has 0 unspecified atom stereocenters. The lowest BCUT2D eigenvalue weighted by Crippen LogP contribution is -2.50. The predicted octanol–water partition coefficient (Wildman–Crippen LogP) is 0.494. The van der Waals surface area contributed by atoms with Crippen molar-refractivity contribution < 1.29 is 14.3 Å². The molecule has 0 aromatic rings. The van der Waals surface area contributed by atoms with Crippen LogP contribution in [0.15, 0.2) is 0 Å². The van der Waals surface area contributed by atoms with Crippen molar-refractivity contribution in [2.75, 3.05) is 39.4 Å². The van der Waals surface area contributed by atoms with Crippen LogP contribution in [0.2, 0.25) is 0 Å². The van der Waals surface area contributed by atoms with Gasteiger partial charge in [0.2, 0.25) is 11.8 Å². The van der Waals surface area contributed by atoms with Crippen molar-refractivity contribution in [1.82, 2.24) is 9.80 Å². The Hall–Kier alpha value is -1.10.